The van der Waals surface area contributed by atoms with Gasteiger partial charge in [-0.3, -0.25) is 0 Å². The van der Waals surface area contributed by atoms with Crippen molar-refractivity contribution in [3.63, 3.8) is 0 Å². The summed E-state index contributed by atoms with van der Waals surface area (Å²) in [5.41, 5.74) is 0.253. The Kier molecular flexibility index (Phi) is 2.61. The average Bonchev–Trinajstić information content (AvgIpc) is 2.07. The summed E-state index contributed by atoms with van der Waals surface area (Å²) in [6.07, 6.45) is 4.90. The number of hydrazine groups is 2. The van der Waals surface area contributed by atoms with E-state index in [9.17, 15) is 20.2 Å². The third kappa shape index (κ3) is 1.76. The lowest BCUT2D eigenvalue weighted by Gasteiger charge is -2.10. The number of allylic oxidation sites excluding steroid dienone is 4. The van der Waals surface area contributed by atoms with Gasteiger partial charge < -0.3 is 0 Å². The summed E-state index contributed by atoms with van der Waals surface area (Å²) in [6.45, 7) is 3.51. The largest absolute Gasteiger partial charge is 0.230 e. The van der Waals surface area contributed by atoms with Crippen LogP contribution in [0, 0.1) is 20.2 Å². The Morgan fingerprint density at radius 3 is 2.36 bits per heavy atom. The molecule has 7 nitrogen and oxygen atoms in total. The Balaban J connectivity index is 3.04. The molecule has 0 aromatic rings. The topological polar surface area (TPSA) is 89.5 Å². The minimum absolute atomic E-state index is 0.0949. The third-order valence-electron chi connectivity index (χ3n) is 1.64. The summed E-state index contributed by atoms with van der Waals surface area (Å²) in [5.74, 6) is 0. The van der Waals surface area contributed by atoms with Crippen LogP contribution in [0.2, 0.25) is 0 Å². The molecule has 7 heteroatoms. The molecular formula is C7H7N3O4. The van der Waals surface area contributed by atoms with Gasteiger partial charge in [-0.05, 0) is 18.1 Å². The highest BCUT2D eigenvalue weighted by Gasteiger charge is 2.34. The van der Waals surface area contributed by atoms with Crippen molar-refractivity contribution in [3.05, 3.63) is 56.3 Å². The van der Waals surface area contributed by atoms with E-state index in [2.05, 4.69) is 6.58 Å². The van der Waals surface area contributed by atoms with Crippen LogP contribution in [0.1, 0.15) is 6.42 Å². The van der Waals surface area contributed by atoms with Gasteiger partial charge in [0.2, 0.25) is 10.1 Å². The molecule has 0 unspecified atom stereocenters. The minimum Gasteiger partial charge on any atom is -0.230 e. The molecule has 1 rings (SSSR count). The van der Waals surface area contributed by atoms with E-state index in [0.29, 0.717) is 12.0 Å². The summed E-state index contributed by atoms with van der Waals surface area (Å²) in [5, 5.41) is 18.4. The SMILES string of the molecule is C=C1CC=CC=C1N([N+](=O)[O-])[N+](=O)[O-]. The molecule has 0 saturated heterocycles. The minimum atomic E-state index is -1.09. The Morgan fingerprint density at radius 2 is 1.93 bits per heavy atom. The van der Waals surface area contributed by atoms with Crippen LogP contribution in [0.25, 0.3) is 0 Å². The lowest BCUT2D eigenvalue weighted by molar-refractivity contribution is -0.895. The zero-order chi connectivity index (χ0) is 10.7. The molecule has 0 bridgehead atoms. The number of nitrogens with zero attached hydrogens (tertiary/aromatic N) is 3. The highest BCUT2D eigenvalue weighted by atomic mass is 16.8. The highest BCUT2D eigenvalue weighted by molar-refractivity contribution is 5.34. The highest BCUT2D eigenvalue weighted by Crippen LogP contribution is 2.21. The van der Waals surface area contributed by atoms with Crippen molar-refractivity contribution >= 4 is 0 Å². The van der Waals surface area contributed by atoms with Crippen molar-refractivity contribution in [1.29, 1.82) is 0 Å². The van der Waals surface area contributed by atoms with Crippen molar-refractivity contribution in [3.8, 4) is 0 Å². The van der Waals surface area contributed by atoms with E-state index in [1.165, 1.54) is 12.2 Å². The van der Waals surface area contributed by atoms with Crippen molar-refractivity contribution in [1.82, 2.24) is 5.12 Å². The van der Waals surface area contributed by atoms with Crippen LogP contribution in [0.4, 0.5) is 0 Å². The smallest absolute Gasteiger partial charge is 0.228 e. The third-order valence-corrected chi connectivity index (χ3v) is 1.64. The molecule has 14 heavy (non-hydrogen) atoms. The van der Waals surface area contributed by atoms with Gasteiger partial charge in [0.25, 0.3) is 0 Å². The van der Waals surface area contributed by atoms with Crippen molar-refractivity contribution < 1.29 is 10.1 Å². The molecule has 0 atom stereocenters. The van der Waals surface area contributed by atoms with E-state index in [4.69, 9.17) is 0 Å². The van der Waals surface area contributed by atoms with E-state index < -0.39 is 10.1 Å². The van der Waals surface area contributed by atoms with Gasteiger partial charge in [0.1, 0.15) is 0 Å². The van der Waals surface area contributed by atoms with Crippen LogP contribution in [0.15, 0.2) is 36.1 Å². The second-order valence-electron chi connectivity index (χ2n) is 2.55. The van der Waals surface area contributed by atoms with Gasteiger partial charge in [0, 0.05) is 0 Å². The zero-order valence-electron chi connectivity index (χ0n) is 7.12. The fourth-order valence-corrected chi connectivity index (χ4v) is 1.04. The fraction of sp³-hybridized carbons (Fsp3) is 0.143. The summed E-state index contributed by atoms with van der Waals surface area (Å²) >= 11 is 0. The van der Waals surface area contributed by atoms with E-state index in [0.717, 1.165) is 0 Å². The van der Waals surface area contributed by atoms with Gasteiger partial charge in [0.15, 0.2) is 10.8 Å². The number of hydrogen-bond donors (Lipinski definition) is 0. The van der Waals surface area contributed by atoms with Crippen molar-refractivity contribution in [2.24, 2.45) is 0 Å². The van der Waals surface area contributed by atoms with E-state index in [1.54, 1.807) is 6.08 Å². The predicted octanol–water partition coefficient (Wildman–Crippen LogP) is 1.07. The van der Waals surface area contributed by atoms with Gasteiger partial charge >= 0.3 is 0 Å². The van der Waals surface area contributed by atoms with Gasteiger partial charge in [-0.2, -0.15) is 0 Å². The monoisotopic (exact) mass is 197 g/mol. The van der Waals surface area contributed by atoms with Crippen LogP contribution < -0.4 is 0 Å². The van der Waals surface area contributed by atoms with Crippen LogP contribution in [-0.4, -0.2) is 15.2 Å². The zero-order valence-corrected chi connectivity index (χ0v) is 7.12. The van der Waals surface area contributed by atoms with Crippen LogP contribution >= 0.6 is 0 Å². The van der Waals surface area contributed by atoms with Crippen LogP contribution in [0.5, 0.6) is 0 Å². The van der Waals surface area contributed by atoms with Crippen molar-refractivity contribution in [2.75, 3.05) is 0 Å². The Morgan fingerprint density at radius 1 is 1.36 bits per heavy atom. The lowest BCUT2D eigenvalue weighted by atomic mass is 10.1. The molecule has 0 fully saturated rings. The van der Waals surface area contributed by atoms with E-state index in [-0.39, 0.29) is 10.8 Å². The van der Waals surface area contributed by atoms with Crippen molar-refractivity contribution in [2.45, 2.75) is 6.42 Å². The first-order valence-electron chi connectivity index (χ1n) is 3.67. The predicted molar refractivity (Wildman–Crippen MR) is 46.8 cm³/mol. The van der Waals surface area contributed by atoms with Gasteiger partial charge in [-0.15, -0.1) is 0 Å². The van der Waals surface area contributed by atoms with Gasteiger partial charge in [-0.25, -0.2) is 20.2 Å². The van der Waals surface area contributed by atoms with Crippen LogP contribution in [0.3, 0.4) is 0 Å². The maximum absolute atomic E-state index is 10.4. The molecule has 1 aliphatic rings. The normalized spacial score (nSPS) is 14.9. The number of nitro groups is 2. The molecule has 0 aliphatic heterocycles. The number of hydrogen-bond acceptors (Lipinski definition) is 4. The molecule has 0 N–H and O–H groups in total. The first kappa shape index (κ1) is 9.90. The van der Waals surface area contributed by atoms with Crippen LogP contribution in [-0.2, 0) is 0 Å². The maximum Gasteiger partial charge on any atom is 0.228 e. The summed E-state index contributed by atoms with van der Waals surface area (Å²) in [7, 11) is 0. The molecule has 0 amide bonds. The average molecular weight is 197 g/mol. The Labute approximate surface area is 78.9 Å². The molecule has 0 aromatic carbocycles. The summed E-state index contributed by atoms with van der Waals surface area (Å²) in [4.78, 5) is 20.7. The molecule has 74 valence electrons. The second kappa shape index (κ2) is 3.69. The summed E-state index contributed by atoms with van der Waals surface area (Å²) < 4.78 is 0. The fourth-order valence-electron chi connectivity index (χ4n) is 1.04. The molecule has 0 aromatic heterocycles. The first-order chi connectivity index (χ1) is 6.54. The van der Waals surface area contributed by atoms with E-state index >= 15 is 0 Å². The quantitative estimate of drug-likeness (QED) is 0.498. The maximum atomic E-state index is 10.4. The number of rotatable bonds is 3. The molecule has 0 spiro atoms. The molecule has 0 radical (unpaired) electrons. The molecule has 1 aliphatic carbocycles. The first-order valence-corrected chi connectivity index (χ1v) is 3.67. The Bertz CT molecular complexity index is 344. The summed E-state index contributed by atoms with van der Waals surface area (Å²) in [6, 6.07) is 0. The Hall–Kier alpha value is -2.18. The lowest BCUT2D eigenvalue weighted by Crippen LogP contribution is -2.35. The van der Waals surface area contributed by atoms with Gasteiger partial charge in [0.05, 0.1) is 0 Å². The molecular weight excluding hydrogens is 190 g/mol. The second-order valence-corrected chi connectivity index (χ2v) is 2.55. The van der Waals surface area contributed by atoms with Gasteiger partial charge in [-0.1, -0.05) is 18.7 Å². The molecule has 0 heterocycles. The van der Waals surface area contributed by atoms with E-state index in [1.807, 2.05) is 0 Å². The standard InChI is InChI=1S/C7H7N3O4/c1-6-4-2-3-5-7(6)8(9(11)12)10(13)14/h2-3,5H,1,4H2. The molecule has 0 saturated carbocycles.